The van der Waals surface area contributed by atoms with Crippen molar-refractivity contribution in [1.29, 1.82) is 0 Å². The van der Waals surface area contributed by atoms with Crippen LogP contribution in [0.5, 0.6) is 0 Å². The lowest BCUT2D eigenvalue weighted by Crippen LogP contribution is -2.26. The number of hydrogen-bond acceptors (Lipinski definition) is 2. The van der Waals surface area contributed by atoms with Crippen LogP contribution in [-0.2, 0) is 0 Å². The second-order valence-electron chi connectivity index (χ2n) is 5.45. The normalized spacial score (nSPS) is 13.5. The third-order valence-corrected chi connectivity index (χ3v) is 3.97. The van der Waals surface area contributed by atoms with Crippen LogP contribution in [0.15, 0.2) is 84.9 Å². The van der Waals surface area contributed by atoms with Gasteiger partial charge in [-0.1, -0.05) is 84.9 Å². The summed E-state index contributed by atoms with van der Waals surface area (Å²) in [7, 11) is 0. The summed E-state index contributed by atoms with van der Waals surface area (Å²) in [6.07, 6.45) is 0. The van der Waals surface area contributed by atoms with Gasteiger partial charge in [0.15, 0.2) is 0 Å². The number of hydrogen-bond donors (Lipinski definition) is 2. The zero-order chi connectivity index (χ0) is 15.4. The average Bonchev–Trinajstić information content (AvgIpc) is 2.62. The van der Waals surface area contributed by atoms with E-state index in [4.69, 9.17) is 11.5 Å². The second kappa shape index (κ2) is 6.56. The fourth-order valence-corrected chi connectivity index (χ4v) is 2.62. The van der Waals surface area contributed by atoms with Crippen molar-refractivity contribution in [1.82, 2.24) is 0 Å². The van der Waals surface area contributed by atoms with Crippen molar-refractivity contribution in [3.05, 3.63) is 96.1 Å². The number of benzene rings is 3. The summed E-state index contributed by atoms with van der Waals surface area (Å²) in [4.78, 5) is 0. The monoisotopic (exact) mass is 288 g/mol. The van der Waals surface area contributed by atoms with Gasteiger partial charge in [0.1, 0.15) is 0 Å². The molecule has 0 spiro atoms. The average molecular weight is 288 g/mol. The van der Waals surface area contributed by atoms with Crippen molar-refractivity contribution in [2.24, 2.45) is 11.5 Å². The van der Waals surface area contributed by atoms with Crippen LogP contribution in [-0.4, -0.2) is 0 Å². The van der Waals surface area contributed by atoms with Crippen LogP contribution in [0, 0.1) is 0 Å². The van der Waals surface area contributed by atoms with Gasteiger partial charge < -0.3 is 11.5 Å². The van der Waals surface area contributed by atoms with Gasteiger partial charge in [0.05, 0.1) is 0 Å². The standard InChI is InChI=1S/C20H20N2/c21-19(17-9-5-2-6-10-17)20(22)18-13-11-16(12-14-18)15-7-3-1-4-8-15/h1-14,19-20H,21-22H2/t19-,20?/m1/s1. The Kier molecular flexibility index (Phi) is 4.33. The molecule has 0 aliphatic rings. The topological polar surface area (TPSA) is 52.0 Å². The molecule has 0 heterocycles. The van der Waals surface area contributed by atoms with Gasteiger partial charge in [-0.15, -0.1) is 0 Å². The first-order chi connectivity index (χ1) is 10.8. The highest BCUT2D eigenvalue weighted by Gasteiger charge is 2.16. The van der Waals surface area contributed by atoms with E-state index >= 15 is 0 Å². The lowest BCUT2D eigenvalue weighted by molar-refractivity contribution is 0.574. The van der Waals surface area contributed by atoms with Crippen LogP contribution in [0.4, 0.5) is 0 Å². The molecule has 2 atom stereocenters. The van der Waals surface area contributed by atoms with Gasteiger partial charge in [-0.3, -0.25) is 0 Å². The van der Waals surface area contributed by atoms with E-state index in [0.29, 0.717) is 0 Å². The van der Waals surface area contributed by atoms with E-state index in [-0.39, 0.29) is 12.1 Å². The van der Waals surface area contributed by atoms with Crippen molar-refractivity contribution in [2.75, 3.05) is 0 Å². The third-order valence-electron chi connectivity index (χ3n) is 3.97. The molecular formula is C20H20N2. The molecule has 4 N–H and O–H groups in total. The summed E-state index contributed by atoms with van der Waals surface area (Å²) in [5.41, 5.74) is 17.1. The molecule has 3 aromatic rings. The van der Waals surface area contributed by atoms with Gasteiger partial charge in [-0.2, -0.15) is 0 Å². The van der Waals surface area contributed by atoms with Crippen LogP contribution >= 0.6 is 0 Å². The van der Waals surface area contributed by atoms with Gasteiger partial charge in [-0.05, 0) is 22.3 Å². The van der Waals surface area contributed by atoms with Crippen molar-refractivity contribution >= 4 is 0 Å². The quantitative estimate of drug-likeness (QED) is 0.761. The molecule has 0 fully saturated rings. The molecule has 22 heavy (non-hydrogen) atoms. The summed E-state index contributed by atoms with van der Waals surface area (Å²) >= 11 is 0. The second-order valence-corrected chi connectivity index (χ2v) is 5.45. The van der Waals surface area contributed by atoms with Crippen LogP contribution < -0.4 is 11.5 Å². The lowest BCUT2D eigenvalue weighted by Gasteiger charge is -2.21. The summed E-state index contributed by atoms with van der Waals surface area (Å²) in [6, 6.07) is 28.2. The van der Waals surface area contributed by atoms with E-state index in [1.54, 1.807) is 0 Å². The molecule has 0 aliphatic carbocycles. The molecule has 2 heteroatoms. The molecule has 0 aliphatic heterocycles. The van der Waals surface area contributed by atoms with Gasteiger partial charge in [-0.25, -0.2) is 0 Å². The highest BCUT2D eigenvalue weighted by molar-refractivity contribution is 5.63. The minimum Gasteiger partial charge on any atom is -0.322 e. The Bertz CT molecular complexity index is 706. The van der Waals surface area contributed by atoms with Crippen LogP contribution in [0.3, 0.4) is 0 Å². The molecule has 0 saturated heterocycles. The molecule has 110 valence electrons. The Morgan fingerprint density at radius 2 is 0.864 bits per heavy atom. The predicted molar refractivity (Wildman–Crippen MR) is 92.2 cm³/mol. The van der Waals surface area contributed by atoms with Crippen LogP contribution in [0.2, 0.25) is 0 Å². The van der Waals surface area contributed by atoms with Gasteiger partial charge in [0, 0.05) is 12.1 Å². The van der Waals surface area contributed by atoms with E-state index in [9.17, 15) is 0 Å². The zero-order valence-corrected chi connectivity index (χ0v) is 12.4. The minimum absolute atomic E-state index is 0.205. The molecule has 0 aromatic heterocycles. The van der Waals surface area contributed by atoms with E-state index in [0.717, 1.165) is 11.1 Å². The Hall–Kier alpha value is -2.42. The van der Waals surface area contributed by atoms with E-state index in [1.807, 2.05) is 48.5 Å². The molecular weight excluding hydrogens is 268 g/mol. The fourth-order valence-electron chi connectivity index (χ4n) is 2.62. The van der Waals surface area contributed by atoms with Crippen molar-refractivity contribution < 1.29 is 0 Å². The maximum absolute atomic E-state index is 6.33. The Morgan fingerprint density at radius 3 is 1.41 bits per heavy atom. The fraction of sp³-hybridized carbons (Fsp3) is 0.100. The first-order valence-electron chi connectivity index (χ1n) is 7.47. The van der Waals surface area contributed by atoms with E-state index < -0.39 is 0 Å². The summed E-state index contributed by atoms with van der Waals surface area (Å²) in [6.45, 7) is 0. The Labute approximate surface area is 131 Å². The van der Waals surface area contributed by atoms with Crippen molar-refractivity contribution in [3.63, 3.8) is 0 Å². The third kappa shape index (κ3) is 3.08. The highest BCUT2D eigenvalue weighted by atomic mass is 14.8. The minimum atomic E-state index is -0.216. The first kappa shape index (κ1) is 14.5. The number of rotatable bonds is 4. The molecule has 2 nitrogen and oxygen atoms in total. The molecule has 0 radical (unpaired) electrons. The van der Waals surface area contributed by atoms with E-state index in [2.05, 4.69) is 36.4 Å². The maximum Gasteiger partial charge on any atom is 0.0491 e. The van der Waals surface area contributed by atoms with Crippen LogP contribution in [0.1, 0.15) is 23.2 Å². The summed E-state index contributed by atoms with van der Waals surface area (Å²) in [5, 5.41) is 0. The smallest absolute Gasteiger partial charge is 0.0491 e. The largest absolute Gasteiger partial charge is 0.322 e. The van der Waals surface area contributed by atoms with E-state index in [1.165, 1.54) is 11.1 Å². The molecule has 1 unspecified atom stereocenters. The molecule has 0 bridgehead atoms. The number of nitrogens with two attached hydrogens (primary N) is 2. The Balaban J connectivity index is 1.81. The SMILES string of the molecule is NC(c1ccc(-c2ccccc2)cc1)[C@H](N)c1ccccc1. The predicted octanol–water partition coefficient (Wildman–Crippen LogP) is 4.05. The van der Waals surface area contributed by atoms with Gasteiger partial charge >= 0.3 is 0 Å². The molecule has 3 rings (SSSR count). The first-order valence-corrected chi connectivity index (χ1v) is 7.47. The lowest BCUT2D eigenvalue weighted by atomic mass is 9.93. The van der Waals surface area contributed by atoms with Crippen LogP contribution in [0.25, 0.3) is 11.1 Å². The highest BCUT2D eigenvalue weighted by Crippen LogP contribution is 2.27. The van der Waals surface area contributed by atoms with Crippen molar-refractivity contribution in [2.45, 2.75) is 12.1 Å². The van der Waals surface area contributed by atoms with Gasteiger partial charge in [0.25, 0.3) is 0 Å². The molecule has 0 saturated carbocycles. The summed E-state index contributed by atoms with van der Waals surface area (Å²) < 4.78 is 0. The molecule has 0 amide bonds. The molecule has 3 aromatic carbocycles. The van der Waals surface area contributed by atoms with Gasteiger partial charge in [0.2, 0.25) is 0 Å². The zero-order valence-electron chi connectivity index (χ0n) is 12.4. The maximum atomic E-state index is 6.33. The Morgan fingerprint density at radius 1 is 0.455 bits per heavy atom. The van der Waals surface area contributed by atoms with Crippen molar-refractivity contribution in [3.8, 4) is 11.1 Å². The summed E-state index contributed by atoms with van der Waals surface area (Å²) in [5.74, 6) is 0.